The van der Waals surface area contributed by atoms with Crippen LogP contribution in [0.5, 0.6) is 0 Å². The van der Waals surface area contributed by atoms with Crippen LogP contribution in [0.25, 0.3) is 11.2 Å². The molecular weight excluding hydrogens is 300 g/mol. The van der Waals surface area contributed by atoms with Crippen molar-refractivity contribution in [3.05, 3.63) is 22.5 Å². The first-order valence-corrected chi connectivity index (χ1v) is 6.80. The molecule has 1 aliphatic heterocycles. The molecule has 0 aliphatic carbocycles. The van der Waals surface area contributed by atoms with E-state index in [-0.39, 0.29) is 17.7 Å². The molecular formula is C12H15ClN4O4. The first-order chi connectivity index (χ1) is 9.86. The molecule has 0 saturated carbocycles. The molecule has 0 unspecified atom stereocenters. The fourth-order valence-electron chi connectivity index (χ4n) is 2.57. The van der Waals surface area contributed by atoms with E-state index in [0.29, 0.717) is 11.5 Å². The normalized spacial score (nSPS) is 32.9. The minimum Gasteiger partial charge on any atom is -0.394 e. The summed E-state index contributed by atoms with van der Waals surface area (Å²) in [7, 11) is 0. The Kier molecular flexibility index (Phi) is 3.28. The van der Waals surface area contributed by atoms with E-state index in [2.05, 4.69) is 15.0 Å². The summed E-state index contributed by atoms with van der Waals surface area (Å²) in [4.78, 5) is 21.5. The number of hydrogen-bond donors (Lipinski definition) is 3. The topological polar surface area (TPSA) is 113 Å². The number of aliphatic hydroxyl groups excluding tert-OH is 2. The first-order valence-electron chi connectivity index (χ1n) is 6.43. The lowest BCUT2D eigenvalue weighted by molar-refractivity contribution is -0.0441. The monoisotopic (exact) mass is 314 g/mol. The highest BCUT2D eigenvalue weighted by atomic mass is 35.5. The number of aromatic amines is 1. The van der Waals surface area contributed by atoms with Gasteiger partial charge in [0.15, 0.2) is 17.4 Å². The zero-order valence-electron chi connectivity index (χ0n) is 11.4. The Labute approximate surface area is 124 Å². The molecule has 0 amide bonds. The number of aliphatic hydroxyl groups is 2. The number of nitrogens with zero attached hydrogens (tertiary/aromatic N) is 3. The Hall–Kier alpha value is -1.48. The van der Waals surface area contributed by atoms with Crippen LogP contribution in [0.2, 0.25) is 0 Å². The highest BCUT2D eigenvalue weighted by Crippen LogP contribution is 2.43. The van der Waals surface area contributed by atoms with Crippen molar-refractivity contribution in [3.8, 4) is 0 Å². The predicted octanol–water partition coefficient (Wildman–Crippen LogP) is -0.324. The zero-order chi connectivity index (χ0) is 15.4. The Morgan fingerprint density at radius 1 is 1.62 bits per heavy atom. The number of H-pyrrole nitrogens is 1. The highest BCUT2D eigenvalue weighted by molar-refractivity contribution is 6.24. The van der Waals surface area contributed by atoms with E-state index in [0.717, 1.165) is 0 Å². The van der Waals surface area contributed by atoms with E-state index in [9.17, 15) is 15.0 Å². The number of hydrogen-bond acceptors (Lipinski definition) is 6. The molecule has 3 N–H and O–H groups in total. The summed E-state index contributed by atoms with van der Waals surface area (Å²) in [5, 5.41) is 19.4. The van der Waals surface area contributed by atoms with Gasteiger partial charge in [-0.3, -0.25) is 9.36 Å². The number of rotatable bonds is 2. The van der Waals surface area contributed by atoms with Gasteiger partial charge in [0.2, 0.25) is 0 Å². The lowest BCUT2D eigenvalue weighted by Gasteiger charge is -2.26. The lowest BCUT2D eigenvalue weighted by atomic mass is 10.0. The van der Waals surface area contributed by atoms with Crippen LogP contribution < -0.4 is 5.56 Å². The van der Waals surface area contributed by atoms with Crippen molar-refractivity contribution in [2.24, 2.45) is 0 Å². The molecule has 0 radical (unpaired) electrons. The van der Waals surface area contributed by atoms with Gasteiger partial charge in [-0.05, 0) is 13.8 Å². The molecule has 0 bridgehead atoms. The van der Waals surface area contributed by atoms with Crippen molar-refractivity contribution in [1.29, 1.82) is 0 Å². The molecule has 9 heteroatoms. The molecule has 1 saturated heterocycles. The standard InChI is InChI=1S/C12H15ClN4O4/c1-5-15-9-7(10(20)16-5)14-4-17(9)11-12(2,13)8(19)6(3-18)21-11/h4,6,8,11,18-19H,3H2,1-2H3,(H,15,16,20)/t6-,8-,11-,12-/m1/s1. The minimum absolute atomic E-state index is 0.165. The Morgan fingerprint density at radius 2 is 2.33 bits per heavy atom. The average Bonchev–Trinajstić information content (AvgIpc) is 2.91. The SMILES string of the molecule is Cc1nc2c(ncn2[C@@H]2O[C@H](CO)[C@@H](O)[C@@]2(C)Cl)c(=O)[nH]1. The van der Waals surface area contributed by atoms with Gasteiger partial charge in [0.1, 0.15) is 22.9 Å². The van der Waals surface area contributed by atoms with Gasteiger partial charge in [0.25, 0.3) is 5.56 Å². The number of ether oxygens (including phenoxy) is 1. The van der Waals surface area contributed by atoms with Gasteiger partial charge < -0.3 is 19.9 Å². The van der Waals surface area contributed by atoms with Crippen molar-refractivity contribution in [2.75, 3.05) is 6.61 Å². The van der Waals surface area contributed by atoms with E-state index in [1.807, 2.05) is 0 Å². The van der Waals surface area contributed by atoms with Crippen LogP contribution >= 0.6 is 11.6 Å². The third kappa shape index (κ3) is 2.06. The van der Waals surface area contributed by atoms with Crippen LogP contribution in [0, 0.1) is 6.92 Å². The van der Waals surface area contributed by atoms with Gasteiger partial charge >= 0.3 is 0 Å². The number of aryl methyl sites for hydroxylation is 1. The Morgan fingerprint density at radius 3 is 2.95 bits per heavy atom. The van der Waals surface area contributed by atoms with Gasteiger partial charge in [-0.2, -0.15) is 0 Å². The molecule has 0 spiro atoms. The molecule has 1 aliphatic rings. The quantitative estimate of drug-likeness (QED) is 0.655. The van der Waals surface area contributed by atoms with Gasteiger partial charge in [-0.1, -0.05) is 0 Å². The van der Waals surface area contributed by atoms with Gasteiger partial charge in [0.05, 0.1) is 12.9 Å². The molecule has 114 valence electrons. The van der Waals surface area contributed by atoms with Crippen molar-refractivity contribution >= 4 is 22.8 Å². The summed E-state index contributed by atoms with van der Waals surface area (Å²) >= 11 is 6.38. The number of fused-ring (bicyclic) bond motifs is 1. The summed E-state index contributed by atoms with van der Waals surface area (Å²) < 4.78 is 7.11. The number of aromatic nitrogens is 4. The van der Waals surface area contributed by atoms with Crippen LogP contribution in [0.3, 0.4) is 0 Å². The molecule has 8 nitrogen and oxygen atoms in total. The molecule has 4 atom stereocenters. The Bertz CT molecular complexity index is 740. The van der Waals surface area contributed by atoms with Crippen LogP contribution in [-0.4, -0.2) is 53.4 Å². The molecule has 2 aromatic rings. The average molecular weight is 315 g/mol. The maximum absolute atomic E-state index is 11.8. The molecule has 21 heavy (non-hydrogen) atoms. The number of imidazole rings is 1. The van der Waals surface area contributed by atoms with Gasteiger partial charge in [0, 0.05) is 0 Å². The second kappa shape index (κ2) is 4.77. The summed E-state index contributed by atoms with van der Waals surface area (Å²) in [6, 6.07) is 0. The van der Waals surface area contributed by atoms with Gasteiger partial charge in [-0.15, -0.1) is 11.6 Å². The fourth-order valence-corrected chi connectivity index (χ4v) is 2.87. The third-order valence-corrected chi connectivity index (χ3v) is 4.11. The van der Waals surface area contributed by atoms with E-state index in [1.54, 1.807) is 13.8 Å². The summed E-state index contributed by atoms with van der Waals surface area (Å²) in [5.41, 5.74) is 0.127. The Balaban J connectivity index is 2.15. The van der Waals surface area contributed by atoms with Crippen LogP contribution in [-0.2, 0) is 4.74 Å². The van der Waals surface area contributed by atoms with Crippen molar-refractivity contribution in [1.82, 2.24) is 19.5 Å². The lowest BCUT2D eigenvalue weighted by Crippen LogP contribution is -2.39. The van der Waals surface area contributed by atoms with Crippen LogP contribution in [0.4, 0.5) is 0 Å². The van der Waals surface area contributed by atoms with E-state index >= 15 is 0 Å². The second-order valence-electron chi connectivity index (χ2n) is 5.28. The van der Waals surface area contributed by atoms with Crippen molar-refractivity contribution in [2.45, 2.75) is 37.2 Å². The maximum atomic E-state index is 11.8. The molecule has 0 aromatic carbocycles. The molecule has 3 rings (SSSR count). The van der Waals surface area contributed by atoms with Crippen molar-refractivity contribution in [3.63, 3.8) is 0 Å². The summed E-state index contributed by atoms with van der Waals surface area (Å²) in [6.07, 6.45) is -1.28. The molecule has 3 heterocycles. The fraction of sp³-hybridized carbons (Fsp3) is 0.583. The maximum Gasteiger partial charge on any atom is 0.279 e. The second-order valence-corrected chi connectivity index (χ2v) is 6.10. The summed E-state index contributed by atoms with van der Waals surface area (Å²) in [6.45, 7) is 2.89. The summed E-state index contributed by atoms with van der Waals surface area (Å²) in [5.74, 6) is 0.433. The van der Waals surface area contributed by atoms with E-state index < -0.39 is 23.3 Å². The highest BCUT2D eigenvalue weighted by Gasteiger charge is 2.53. The smallest absolute Gasteiger partial charge is 0.279 e. The third-order valence-electron chi connectivity index (χ3n) is 3.70. The van der Waals surface area contributed by atoms with Crippen LogP contribution in [0.1, 0.15) is 19.0 Å². The minimum atomic E-state index is -1.18. The van der Waals surface area contributed by atoms with E-state index in [4.69, 9.17) is 16.3 Å². The zero-order valence-corrected chi connectivity index (χ0v) is 12.2. The van der Waals surface area contributed by atoms with Gasteiger partial charge in [-0.25, -0.2) is 9.97 Å². The first kappa shape index (κ1) is 14.5. The predicted molar refractivity (Wildman–Crippen MR) is 74.1 cm³/mol. The largest absolute Gasteiger partial charge is 0.394 e. The number of nitrogens with one attached hydrogen (secondary N) is 1. The number of halogens is 1. The molecule has 1 fully saturated rings. The van der Waals surface area contributed by atoms with Crippen LogP contribution in [0.15, 0.2) is 11.1 Å². The number of alkyl halides is 1. The van der Waals surface area contributed by atoms with Crippen molar-refractivity contribution < 1.29 is 14.9 Å². The molecule has 2 aromatic heterocycles. The van der Waals surface area contributed by atoms with E-state index in [1.165, 1.54) is 10.9 Å².